The molecule has 0 aliphatic carbocycles. The van der Waals surface area contributed by atoms with Gasteiger partial charge in [0, 0.05) is 6.92 Å². The molecule has 0 heterocycles. The van der Waals surface area contributed by atoms with Gasteiger partial charge in [0.25, 0.3) is 0 Å². The number of carbonyl (C=O) groups excluding carboxylic acids is 2. The van der Waals surface area contributed by atoms with E-state index in [9.17, 15) is 9.59 Å². The lowest BCUT2D eigenvalue weighted by atomic mass is 10.5. The molecule has 0 radical (unpaired) electrons. The van der Waals surface area contributed by atoms with E-state index in [1.54, 1.807) is 6.92 Å². The zero-order chi connectivity index (χ0) is 7.98. The van der Waals surface area contributed by atoms with Crippen LogP contribution in [-0.2, 0) is 9.53 Å². The van der Waals surface area contributed by atoms with Crippen molar-refractivity contribution in [2.24, 2.45) is 4.99 Å². The lowest BCUT2D eigenvalue weighted by Crippen LogP contribution is -2.00. The van der Waals surface area contributed by atoms with E-state index in [-0.39, 0.29) is 12.4 Å². The van der Waals surface area contributed by atoms with E-state index >= 15 is 0 Å². The lowest BCUT2D eigenvalue weighted by molar-refractivity contribution is -0.110. The molecule has 4 nitrogen and oxygen atoms in total. The molecule has 0 fully saturated rings. The van der Waals surface area contributed by atoms with Gasteiger partial charge in [0.2, 0.25) is 0 Å². The molecule has 0 atom stereocenters. The van der Waals surface area contributed by atoms with Gasteiger partial charge >= 0.3 is 6.09 Å². The average Bonchev–Trinajstić information content (AvgIpc) is 1.85. The Bertz CT molecular complexity index is 162. The van der Waals surface area contributed by atoms with Gasteiger partial charge in [0.05, 0.1) is 12.8 Å². The highest BCUT2D eigenvalue weighted by Gasteiger charge is 1.94. The van der Waals surface area contributed by atoms with Crippen LogP contribution in [0.25, 0.3) is 0 Å². The highest BCUT2D eigenvalue weighted by molar-refractivity contribution is 6.27. The van der Waals surface area contributed by atoms with Gasteiger partial charge in [-0.15, -0.1) is 0 Å². The van der Waals surface area contributed by atoms with E-state index in [4.69, 9.17) is 0 Å². The second kappa shape index (κ2) is 4.67. The first-order valence-corrected chi connectivity index (χ1v) is 2.88. The number of ether oxygens (including phenoxy) is 1. The van der Waals surface area contributed by atoms with Gasteiger partial charge in [0.15, 0.2) is 5.78 Å². The SMILES string of the molecule is CCOC(=O)/N=C/C(C)=O. The Morgan fingerprint density at radius 2 is 2.20 bits per heavy atom. The molecule has 0 aliphatic heterocycles. The van der Waals surface area contributed by atoms with Crippen LogP contribution in [-0.4, -0.2) is 24.7 Å². The number of carbonyl (C=O) groups is 2. The van der Waals surface area contributed by atoms with Gasteiger partial charge in [-0.2, -0.15) is 4.99 Å². The van der Waals surface area contributed by atoms with E-state index in [0.29, 0.717) is 0 Å². The Morgan fingerprint density at radius 3 is 2.60 bits per heavy atom. The van der Waals surface area contributed by atoms with Gasteiger partial charge < -0.3 is 4.74 Å². The largest absolute Gasteiger partial charge is 0.448 e. The maximum atomic E-state index is 10.4. The van der Waals surface area contributed by atoms with Crippen molar-refractivity contribution >= 4 is 18.1 Å². The first-order valence-electron chi connectivity index (χ1n) is 2.88. The molecule has 0 aromatic heterocycles. The number of Topliss-reactive ketones (excluding diaryl/α,β-unsaturated/α-hetero) is 1. The first kappa shape index (κ1) is 8.81. The summed E-state index contributed by atoms with van der Waals surface area (Å²) in [5.41, 5.74) is 0. The van der Waals surface area contributed by atoms with Crippen LogP contribution in [0, 0.1) is 0 Å². The van der Waals surface area contributed by atoms with Crippen LogP contribution in [0.4, 0.5) is 4.79 Å². The molecule has 0 aromatic rings. The van der Waals surface area contributed by atoms with Gasteiger partial charge in [-0.25, -0.2) is 4.79 Å². The number of ketones is 1. The minimum Gasteiger partial charge on any atom is -0.448 e. The number of hydrogen-bond acceptors (Lipinski definition) is 3. The van der Waals surface area contributed by atoms with Crippen LogP contribution in [0.15, 0.2) is 4.99 Å². The van der Waals surface area contributed by atoms with Crippen LogP contribution in [0.2, 0.25) is 0 Å². The molecule has 4 heteroatoms. The summed E-state index contributed by atoms with van der Waals surface area (Å²) in [5.74, 6) is -0.270. The standard InChI is InChI=1S/C6H9NO3/c1-3-10-6(9)7-4-5(2)8/h4H,3H2,1-2H3/b7-4+. The van der Waals surface area contributed by atoms with Crippen molar-refractivity contribution in [3.8, 4) is 0 Å². The zero-order valence-electron chi connectivity index (χ0n) is 5.96. The van der Waals surface area contributed by atoms with Crippen molar-refractivity contribution in [3.05, 3.63) is 0 Å². The molecule has 0 spiro atoms. The molecular formula is C6H9NO3. The van der Waals surface area contributed by atoms with E-state index in [1.165, 1.54) is 6.92 Å². The maximum Gasteiger partial charge on any atom is 0.433 e. The minimum absolute atomic E-state index is 0.270. The monoisotopic (exact) mass is 143 g/mol. The molecule has 56 valence electrons. The third kappa shape index (κ3) is 4.96. The molecule has 0 N–H and O–H groups in total. The lowest BCUT2D eigenvalue weighted by Gasteiger charge is -1.91. The summed E-state index contributed by atoms with van der Waals surface area (Å²) in [6, 6.07) is 0. The van der Waals surface area contributed by atoms with Crippen molar-refractivity contribution in [2.75, 3.05) is 6.61 Å². The van der Waals surface area contributed by atoms with Gasteiger partial charge in [-0.05, 0) is 6.92 Å². The van der Waals surface area contributed by atoms with Crippen LogP contribution >= 0.6 is 0 Å². The quantitative estimate of drug-likeness (QED) is 0.537. The Labute approximate surface area is 58.9 Å². The molecule has 0 aliphatic rings. The molecule has 1 amide bonds. The maximum absolute atomic E-state index is 10.4. The van der Waals surface area contributed by atoms with Crippen LogP contribution in [0.5, 0.6) is 0 Å². The van der Waals surface area contributed by atoms with Crippen molar-refractivity contribution < 1.29 is 14.3 Å². The number of amides is 1. The third-order valence-electron chi connectivity index (χ3n) is 0.620. The molecular weight excluding hydrogens is 134 g/mol. The molecule has 0 unspecified atom stereocenters. The Balaban J connectivity index is 3.67. The smallest absolute Gasteiger partial charge is 0.433 e. The number of rotatable bonds is 2. The summed E-state index contributed by atoms with van der Waals surface area (Å²) in [6.45, 7) is 3.25. The summed E-state index contributed by atoms with van der Waals surface area (Å²) < 4.78 is 4.40. The van der Waals surface area contributed by atoms with Crippen LogP contribution in [0.3, 0.4) is 0 Å². The van der Waals surface area contributed by atoms with E-state index in [2.05, 4.69) is 9.73 Å². The molecule has 0 aromatic carbocycles. The normalized spacial score (nSPS) is 9.80. The Morgan fingerprint density at radius 1 is 1.60 bits per heavy atom. The first-order chi connectivity index (χ1) is 4.66. The summed E-state index contributed by atoms with van der Waals surface area (Å²) in [5, 5.41) is 0. The van der Waals surface area contributed by atoms with Crippen LogP contribution < -0.4 is 0 Å². The second-order valence-electron chi connectivity index (χ2n) is 1.57. The zero-order valence-corrected chi connectivity index (χ0v) is 5.96. The highest BCUT2D eigenvalue weighted by atomic mass is 16.5. The summed E-state index contributed by atoms with van der Waals surface area (Å²) >= 11 is 0. The second-order valence-corrected chi connectivity index (χ2v) is 1.57. The van der Waals surface area contributed by atoms with Gasteiger partial charge in [-0.3, -0.25) is 4.79 Å². The van der Waals surface area contributed by atoms with E-state index < -0.39 is 6.09 Å². The van der Waals surface area contributed by atoms with E-state index in [0.717, 1.165) is 6.21 Å². The fraction of sp³-hybridized carbons (Fsp3) is 0.500. The van der Waals surface area contributed by atoms with Crippen molar-refractivity contribution in [1.82, 2.24) is 0 Å². The Hall–Kier alpha value is -1.19. The summed E-state index contributed by atoms with van der Waals surface area (Å²) in [7, 11) is 0. The summed E-state index contributed by atoms with van der Waals surface area (Å²) in [4.78, 5) is 23.7. The number of nitrogens with zero attached hydrogens (tertiary/aromatic N) is 1. The predicted molar refractivity (Wildman–Crippen MR) is 36.2 cm³/mol. The highest BCUT2D eigenvalue weighted by Crippen LogP contribution is 1.80. The molecule has 10 heavy (non-hydrogen) atoms. The van der Waals surface area contributed by atoms with Gasteiger partial charge in [-0.1, -0.05) is 0 Å². The van der Waals surface area contributed by atoms with Crippen molar-refractivity contribution in [2.45, 2.75) is 13.8 Å². The third-order valence-corrected chi connectivity index (χ3v) is 0.620. The predicted octanol–water partition coefficient (Wildman–Crippen LogP) is 0.803. The Kier molecular flexibility index (Phi) is 4.11. The fourth-order valence-electron chi connectivity index (χ4n) is 0.304. The van der Waals surface area contributed by atoms with Crippen molar-refractivity contribution in [3.63, 3.8) is 0 Å². The number of hydrogen-bond donors (Lipinski definition) is 0. The fourth-order valence-corrected chi connectivity index (χ4v) is 0.304. The molecule has 0 bridgehead atoms. The van der Waals surface area contributed by atoms with Crippen molar-refractivity contribution in [1.29, 1.82) is 0 Å². The average molecular weight is 143 g/mol. The van der Waals surface area contributed by atoms with E-state index in [1.807, 2.05) is 0 Å². The molecule has 0 saturated carbocycles. The summed E-state index contributed by atoms with van der Waals surface area (Å²) in [6.07, 6.45) is 0.204. The van der Waals surface area contributed by atoms with Crippen LogP contribution in [0.1, 0.15) is 13.8 Å². The van der Waals surface area contributed by atoms with Gasteiger partial charge in [0.1, 0.15) is 0 Å². The molecule has 0 rings (SSSR count). The topological polar surface area (TPSA) is 55.7 Å². The minimum atomic E-state index is -0.724. The molecule has 0 saturated heterocycles. The number of aliphatic imine (C=N–C) groups is 1.